The fraction of sp³-hybridized carbons (Fsp3) is 0.636. The number of aryl methyl sites for hydroxylation is 1. The minimum absolute atomic E-state index is 0.0330. The zero-order chi connectivity index (χ0) is 11.7. The van der Waals surface area contributed by atoms with Crippen molar-refractivity contribution in [3.63, 3.8) is 0 Å². The third kappa shape index (κ3) is 2.21. The van der Waals surface area contributed by atoms with Crippen LogP contribution in [0, 0.1) is 5.92 Å². The molecule has 2 heterocycles. The highest BCUT2D eigenvalue weighted by atomic mass is 35.5. The summed E-state index contributed by atoms with van der Waals surface area (Å²) in [6.45, 7) is 3.55. The van der Waals surface area contributed by atoms with Crippen LogP contribution in [0.25, 0.3) is 0 Å². The fourth-order valence-corrected chi connectivity index (χ4v) is 2.21. The molecule has 2 unspecified atom stereocenters. The van der Waals surface area contributed by atoms with Crippen molar-refractivity contribution < 1.29 is 4.79 Å². The number of hydrogen-bond acceptors (Lipinski definition) is 2. The Morgan fingerprint density at radius 3 is 2.94 bits per heavy atom. The molecule has 4 nitrogen and oxygen atoms in total. The van der Waals surface area contributed by atoms with Gasteiger partial charge in [-0.05, 0) is 12.3 Å². The van der Waals surface area contributed by atoms with Gasteiger partial charge in [0.25, 0.3) is 5.91 Å². The summed E-state index contributed by atoms with van der Waals surface area (Å²) in [6.07, 6.45) is 4.31. The summed E-state index contributed by atoms with van der Waals surface area (Å²) in [5.41, 5.74) is 0.640. The lowest BCUT2D eigenvalue weighted by molar-refractivity contribution is 0.0701. The van der Waals surface area contributed by atoms with E-state index >= 15 is 0 Å². The van der Waals surface area contributed by atoms with Gasteiger partial charge in [0.2, 0.25) is 0 Å². The minimum atomic E-state index is 0.0330. The maximum absolute atomic E-state index is 12.1. The Labute approximate surface area is 100 Å². The molecule has 0 spiro atoms. The summed E-state index contributed by atoms with van der Waals surface area (Å²) in [6, 6.07) is 0. The van der Waals surface area contributed by atoms with E-state index in [2.05, 4.69) is 12.0 Å². The molecule has 0 radical (unpaired) electrons. The van der Waals surface area contributed by atoms with Gasteiger partial charge in [-0.25, -0.2) is 0 Å². The predicted octanol–water partition coefficient (Wildman–Crippen LogP) is 1.51. The van der Waals surface area contributed by atoms with Crippen molar-refractivity contribution in [2.24, 2.45) is 13.0 Å². The van der Waals surface area contributed by atoms with Crippen LogP contribution in [-0.2, 0) is 7.05 Å². The summed E-state index contributed by atoms with van der Waals surface area (Å²) >= 11 is 6.18. The lowest BCUT2D eigenvalue weighted by Gasteiger charge is -2.33. The number of rotatable bonds is 1. The summed E-state index contributed by atoms with van der Waals surface area (Å²) in [5, 5.41) is 4.07. The van der Waals surface area contributed by atoms with E-state index in [4.69, 9.17) is 11.6 Å². The third-order valence-electron chi connectivity index (χ3n) is 3.11. The molecule has 2 rings (SSSR count). The molecule has 16 heavy (non-hydrogen) atoms. The van der Waals surface area contributed by atoms with Crippen LogP contribution in [0.15, 0.2) is 12.4 Å². The number of hydrogen-bond donors (Lipinski definition) is 0. The van der Waals surface area contributed by atoms with E-state index < -0.39 is 0 Å². The standard InChI is InChI=1S/C11H16ClN3O/c1-8-3-4-15(7-10(8)12)11(16)9-5-13-14(2)6-9/h5-6,8,10H,3-4,7H2,1-2H3. The molecule has 1 fully saturated rings. The topological polar surface area (TPSA) is 38.1 Å². The second-order valence-corrected chi connectivity index (χ2v) is 5.00. The first-order chi connectivity index (χ1) is 7.58. The van der Waals surface area contributed by atoms with Crippen LogP contribution >= 0.6 is 11.6 Å². The van der Waals surface area contributed by atoms with E-state index in [1.54, 1.807) is 24.1 Å². The summed E-state index contributed by atoms with van der Waals surface area (Å²) in [4.78, 5) is 13.9. The van der Waals surface area contributed by atoms with Gasteiger partial charge < -0.3 is 4.90 Å². The normalized spacial score (nSPS) is 25.8. The van der Waals surface area contributed by atoms with Crippen LogP contribution in [0.5, 0.6) is 0 Å². The van der Waals surface area contributed by atoms with Crippen LogP contribution in [0.2, 0.25) is 0 Å². The molecule has 1 aromatic rings. The highest BCUT2D eigenvalue weighted by molar-refractivity contribution is 6.21. The number of halogens is 1. The Morgan fingerprint density at radius 1 is 1.62 bits per heavy atom. The van der Waals surface area contributed by atoms with E-state index in [9.17, 15) is 4.79 Å². The first-order valence-electron chi connectivity index (χ1n) is 5.50. The van der Waals surface area contributed by atoms with Gasteiger partial charge in [-0.2, -0.15) is 5.10 Å². The predicted molar refractivity (Wildman–Crippen MR) is 62.5 cm³/mol. The summed E-state index contributed by atoms with van der Waals surface area (Å²) < 4.78 is 1.64. The molecule has 0 aliphatic carbocycles. The molecule has 1 saturated heterocycles. The molecule has 0 N–H and O–H groups in total. The molecule has 1 aromatic heterocycles. The Morgan fingerprint density at radius 2 is 2.38 bits per heavy atom. The molecule has 5 heteroatoms. The number of alkyl halides is 1. The SMILES string of the molecule is CC1CCN(C(=O)c2cnn(C)c2)CC1Cl. The number of amides is 1. The molecule has 1 aliphatic rings. The monoisotopic (exact) mass is 241 g/mol. The molecular formula is C11H16ClN3O. The fourth-order valence-electron chi connectivity index (χ4n) is 1.92. The van der Waals surface area contributed by atoms with Gasteiger partial charge in [0.05, 0.1) is 17.1 Å². The number of carbonyl (C=O) groups is 1. The van der Waals surface area contributed by atoms with Gasteiger partial charge >= 0.3 is 0 Å². The molecule has 1 aliphatic heterocycles. The van der Waals surface area contributed by atoms with Crippen molar-refractivity contribution in [1.29, 1.82) is 0 Å². The first-order valence-corrected chi connectivity index (χ1v) is 5.93. The molecule has 1 amide bonds. The van der Waals surface area contributed by atoms with E-state index in [0.717, 1.165) is 13.0 Å². The molecule has 0 saturated carbocycles. The van der Waals surface area contributed by atoms with E-state index in [0.29, 0.717) is 18.0 Å². The Bertz CT molecular complexity index is 390. The lowest BCUT2D eigenvalue weighted by atomic mass is 9.98. The number of carbonyl (C=O) groups excluding carboxylic acids is 1. The van der Waals surface area contributed by atoms with E-state index in [1.165, 1.54) is 0 Å². The van der Waals surface area contributed by atoms with E-state index in [-0.39, 0.29) is 11.3 Å². The Balaban J connectivity index is 2.06. The smallest absolute Gasteiger partial charge is 0.257 e. The average Bonchev–Trinajstić information content (AvgIpc) is 2.68. The second-order valence-electron chi connectivity index (χ2n) is 4.44. The number of nitrogens with zero attached hydrogens (tertiary/aromatic N) is 3. The number of aromatic nitrogens is 2. The first kappa shape index (κ1) is 11.5. The Kier molecular flexibility index (Phi) is 3.19. The van der Waals surface area contributed by atoms with Gasteiger partial charge in [-0.3, -0.25) is 9.48 Å². The van der Waals surface area contributed by atoms with Gasteiger partial charge in [-0.15, -0.1) is 11.6 Å². The average molecular weight is 242 g/mol. The zero-order valence-corrected chi connectivity index (χ0v) is 10.3. The van der Waals surface area contributed by atoms with Crippen LogP contribution in [0.1, 0.15) is 23.7 Å². The minimum Gasteiger partial charge on any atom is -0.337 e. The van der Waals surface area contributed by atoms with Crippen molar-refractivity contribution in [3.8, 4) is 0 Å². The van der Waals surface area contributed by atoms with Gasteiger partial charge in [-0.1, -0.05) is 6.92 Å². The van der Waals surface area contributed by atoms with Crippen molar-refractivity contribution in [2.75, 3.05) is 13.1 Å². The van der Waals surface area contributed by atoms with Crippen molar-refractivity contribution >= 4 is 17.5 Å². The van der Waals surface area contributed by atoms with Crippen LogP contribution in [0.3, 0.4) is 0 Å². The van der Waals surface area contributed by atoms with Crippen molar-refractivity contribution in [3.05, 3.63) is 18.0 Å². The maximum atomic E-state index is 12.1. The van der Waals surface area contributed by atoms with Crippen molar-refractivity contribution in [1.82, 2.24) is 14.7 Å². The quantitative estimate of drug-likeness (QED) is 0.699. The third-order valence-corrected chi connectivity index (χ3v) is 3.67. The maximum Gasteiger partial charge on any atom is 0.257 e. The summed E-state index contributed by atoms with van der Waals surface area (Å²) in [5.74, 6) is 0.519. The summed E-state index contributed by atoms with van der Waals surface area (Å²) in [7, 11) is 1.80. The molecule has 0 bridgehead atoms. The van der Waals surface area contributed by atoms with Crippen LogP contribution < -0.4 is 0 Å². The molecule has 0 aromatic carbocycles. The molecule has 88 valence electrons. The van der Waals surface area contributed by atoms with Crippen molar-refractivity contribution in [2.45, 2.75) is 18.7 Å². The zero-order valence-electron chi connectivity index (χ0n) is 9.56. The van der Waals surface area contributed by atoms with Crippen LogP contribution in [-0.4, -0.2) is 39.1 Å². The second kappa shape index (κ2) is 4.45. The van der Waals surface area contributed by atoms with Gasteiger partial charge in [0.1, 0.15) is 0 Å². The highest BCUT2D eigenvalue weighted by Gasteiger charge is 2.28. The Hall–Kier alpha value is -1.03. The van der Waals surface area contributed by atoms with Gasteiger partial charge in [0.15, 0.2) is 0 Å². The number of piperidine rings is 1. The van der Waals surface area contributed by atoms with E-state index in [1.807, 2.05) is 4.90 Å². The lowest BCUT2D eigenvalue weighted by Crippen LogP contribution is -2.43. The van der Waals surface area contributed by atoms with Gasteiger partial charge in [0, 0.05) is 26.3 Å². The highest BCUT2D eigenvalue weighted by Crippen LogP contribution is 2.22. The number of likely N-dealkylation sites (tertiary alicyclic amines) is 1. The van der Waals surface area contributed by atoms with Crippen LogP contribution in [0.4, 0.5) is 0 Å². The molecule has 2 atom stereocenters. The molecular weight excluding hydrogens is 226 g/mol. The largest absolute Gasteiger partial charge is 0.337 e.